The van der Waals surface area contributed by atoms with Gasteiger partial charge in [0.05, 0.1) is 3.57 Å². The first-order chi connectivity index (χ1) is 16.5. The smallest absolute Gasteiger partial charge is 0.407 e. The fraction of sp³-hybridized carbons (Fsp3) is 0.231. The molecule has 3 aromatic carbocycles. The van der Waals surface area contributed by atoms with Crippen molar-refractivity contribution in [1.29, 1.82) is 0 Å². The van der Waals surface area contributed by atoms with Gasteiger partial charge in [-0.15, -0.1) is 0 Å². The van der Waals surface area contributed by atoms with Gasteiger partial charge in [-0.3, -0.25) is 0 Å². The normalized spacial score (nSPS) is 13.0. The van der Waals surface area contributed by atoms with E-state index in [1.165, 1.54) is 7.11 Å². The van der Waals surface area contributed by atoms with E-state index < -0.39 is 18.1 Å². The molecule has 0 aliphatic heterocycles. The van der Waals surface area contributed by atoms with Gasteiger partial charge in [-0.2, -0.15) is 0 Å². The molecule has 7 nitrogen and oxygen atoms in total. The van der Waals surface area contributed by atoms with Crippen molar-refractivity contribution in [2.24, 2.45) is 0 Å². The Morgan fingerprint density at radius 1 is 1.03 bits per heavy atom. The maximum atomic E-state index is 12.5. The fourth-order valence-electron chi connectivity index (χ4n) is 4.13. The first kappa shape index (κ1) is 24.0. The van der Waals surface area contributed by atoms with E-state index >= 15 is 0 Å². The van der Waals surface area contributed by atoms with E-state index in [0.29, 0.717) is 5.75 Å². The number of aliphatic carboxylic acids is 1. The Balaban J connectivity index is 1.40. The zero-order valence-electron chi connectivity index (χ0n) is 18.5. The number of fused-ring (bicyclic) bond motifs is 3. The van der Waals surface area contributed by atoms with Crippen LogP contribution in [-0.2, 0) is 20.7 Å². The molecule has 1 aliphatic carbocycles. The van der Waals surface area contributed by atoms with Crippen LogP contribution in [0.25, 0.3) is 11.1 Å². The summed E-state index contributed by atoms with van der Waals surface area (Å²) < 4.78 is 16.7. The molecule has 4 rings (SSSR count). The van der Waals surface area contributed by atoms with Gasteiger partial charge < -0.3 is 24.6 Å². The molecule has 0 spiro atoms. The van der Waals surface area contributed by atoms with Gasteiger partial charge in [-0.05, 0) is 62.5 Å². The minimum atomic E-state index is -1.14. The molecule has 0 fully saturated rings. The summed E-state index contributed by atoms with van der Waals surface area (Å²) >= 11 is 2.11. The van der Waals surface area contributed by atoms with Crippen molar-refractivity contribution < 1.29 is 28.9 Å². The summed E-state index contributed by atoms with van der Waals surface area (Å²) in [6.07, 6.45) is -0.649. The van der Waals surface area contributed by atoms with Crippen LogP contribution in [-0.4, -0.2) is 43.7 Å². The molecule has 3 aromatic rings. The number of carbonyl (C=O) groups excluding carboxylic acids is 1. The lowest BCUT2D eigenvalue weighted by Crippen LogP contribution is -2.42. The number of ether oxygens (including phenoxy) is 3. The van der Waals surface area contributed by atoms with Gasteiger partial charge in [-0.25, -0.2) is 9.59 Å². The highest BCUT2D eigenvalue weighted by atomic mass is 127. The average Bonchev–Trinajstić information content (AvgIpc) is 3.15. The maximum Gasteiger partial charge on any atom is 0.407 e. The van der Waals surface area contributed by atoms with E-state index in [1.54, 1.807) is 12.1 Å². The van der Waals surface area contributed by atoms with Crippen LogP contribution in [0.1, 0.15) is 22.6 Å². The predicted molar refractivity (Wildman–Crippen MR) is 135 cm³/mol. The van der Waals surface area contributed by atoms with Gasteiger partial charge in [-0.1, -0.05) is 54.6 Å². The second kappa shape index (κ2) is 10.9. The van der Waals surface area contributed by atoms with E-state index in [9.17, 15) is 14.7 Å². The zero-order chi connectivity index (χ0) is 24.1. The van der Waals surface area contributed by atoms with E-state index in [4.69, 9.17) is 14.2 Å². The molecule has 0 bridgehead atoms. The summed E-state index contributed by atoms with van der Waals surface area (Å²) in [5.41, 5.74) is 5.19. The van der Waals surface area contributed by atoms with Crippen molar-refractivity contribution in [3.05, 3.63) is 87.0 Å². The van der Waals surface area contributed by atoms with Gasteiger partial charge >= 0.3 is 12.1 Å². The topological polar surface area (TPSA) is 94.1 Å². The number of nitrogens with one attached hydrogen (secondary N) is 1. The highest BCUT2D eigenvalue weighted by Gasteiger charge is 2.29. The van der Waals surface area contributed by atoms with Crippen molar-refractivity contribution in [1.82, 2.24) is 5.32 Å². The lowest BCUT2D eigenvalue weighted by atomic mass is 9.98. The third-order valence-corrected chi connectivity index (χ3v) is 6.55. The number of alkyl carbamates (subject to hydrolysis) is 1. The van der Waals surface area contributed by atoms with E-state index in [-0.39, 0.29) is 25.7 Å². The Morgan fingerprint density at radius 2 is 1.68 bits per heavy atom. The van der Waals surface area contributed by atoms with Crippen molar-refractivity contribution in [2.45, 2.75) is 18.4 Å². The summed E-state index contributed by atoms with van der Waals surface area (Å²) in [5.74, 6) is -0.589. The summed E-state index contributed by atoms with van der Waals surface area (Å²) in [6.45, 7) is 0.242. The SMILES string of the molecule is COCOc1ccc(CC(NC(=O)OCC2c3ccccc3-c3ccccc32)C(=O)O)cc1I. The van der Waals surface area contributed by atoms with E-state index in [0.717, 1.165) is 31.4 Å². The van der Waals surface area contributed by atoms with Crippen LogP contribution in [0.5, 0.6) is 5.75 Å². The molecule has 1 atom stereocenters. The van der Waals surface area contributed by atoms with Crippen LogP contribution in [0.4, 0.5) is 4.79 Å². The van der Waals surface area contributed by atoms with Crippen LogP contribution in [0.15, 0.2) is 66.7 Å². The van der Waals surface area contributed by atoms with E-state index in [2.05, 4.69) is 40.0 Å². The quantitative estimate of drug-likeness (QED) is 0.282. The van der Waals surface area contributed by atoms with Crippen LogP contribution in [0, 0.1) is 3.57 Å². The number of methoxy groups -OCH3 is 1. The Labute approximate surface area is 211 Å². The van der Waals surface area contributed by atoms with Crippen LogP contribution in [0.3, 0.4) is 0 Å². The minimum absolute atomic E-state index is 0.0948. The molecular formula is C26H24INO6. The molecule has 1 amide bonds. The Hall–Kier alpha value is -3.11. The third-order valence-electron chi connectivity index (χ3n) is 5.70. The van der Waals surface area contributed by atoms with E-state index in [1.807, 2.05) is 42.5 Å². The lowest BCUT2D eigenvalue weighted by Gasteiger charge is -2.18. The molecule has 0 heterocycles. The third kappa shape index (κ3) is 5.34. The summed E-state index contributed by atoms with van der Waals surface area (Å²) in [6, 6.07) is 20.3. The van der Waals surface area contributed by atoms with Crippen molar-refractivity contribution in [2.75, 3.05) is 20.5 Å². The van der Waals surface area contributed by atoms with Gasteiger partial charge in [0.25, 0.3) is 0 Å². The fourth-order valence-corrected chi connectivity index (χ4v) is 4.86. The van der Waals surface area contributed by atoms with Crippen LogP contribution in [0.2, 0.25) is 0 Å². The van der Waals surface area contributed by atoms with Crippen LogP contribution < -0.4 is 10.1 Å². The molecule has 0 radical (unpaired) electrons. The lowest BCUT2D eigenvalue weighted by molar-refractivity contribution is -0.139. The molecule has 1 unspecified atom stereocenters. The molecule has 2 N–H and O–H groups in total. The molecule has 34 heavy (non-hydrogen) atoms. The molecule has 8 heteroatoms. The summed E-state index contributed by atoms with van der Waals surface area (Å²) in [7, 11) is 1.54. The molecule has 0 saturated carbocycles. The van der Waals surface area contributed by atoms with Gasteiger partial charge in [0.15, 0.2) is 6.79 Å². The number of carboxylic acids is 1. The number of carboxylic acid groups (broad SMARTS) is 1. The molecular weight excluding hydrogens is 549 g/mol. The van der Waals surface area contributed by atoms with Crippen molar-refractivity contribution in [3.8, 4) is 16.9 Å². The first-order valence-corrected chi connectivity index (χ1v) is 11.8. The molecule has 0 saturated heterocycles. The van der Waals surface area contributed by atoms with Crippen molar-refractivity contribution >= 4 is 34.7 Å². The number of hydrogen-bond donors (Lipinski definition) is 2. The molecule has 1 aliphatic rings. The minimum Gasteiger partial charge on any atom is -0.480 e. The van der Waals surface area contributed by atoms with Gasteiger partial charge in [0.1, 0.15) is 18.4 Å². The number of carbonyl (C=O) groups is 2. The molecule has 0 aromatic heterocycles. The van der Waals surface area contributed by atoms with Gasteiger partial charge in [0, 0.05) is 19.4 Å². The monoisotopic (exact) mass is 573 g/mol. The predicted octanol–water partition coefficient (Wildman–Crippen LogP) is 4.81. The number of benzene rings is 3. The Bertz CT molecular complexity index is 1150. The average molecular weight is 573 g/mol. The second-order valence-corrected chi connectivity index (χ2v) is 9.04. The Kier molecular flexibility index (Phi) is 7.69. The highest BCUT2D eigenvalue weighted by Crippen LogP contribution is 2.44. The van der Waals surface area contributed by atoms with Gasteiger partial charge in [0.2, 0.25) is 0 Å². The number of hydrogen-bond acceptors (Lipinski definition) is 5. The zero-order valence-corrected chi connectivity index (χ0v) is 20.7. The first-order valence-electron chi connectivity index (χ1n) is 10.7. The summed E-state index contributed by atoms with van der Waals surface area (Å²) in [4.78, 5) is 24.3. The number of rotatable bonds is 9. The Morgan fingerprint density at radius 3 is 2.26 bits per heavy atom. The summed E-state index contributed by atoms with van der Waals surface area (Å²) in [5, 5.41) is 12.1. The number of halogens is 1. The van der Waals surface area contributed by atoms with Crippen LogP contribution >= 0.6 is 22.6 Å². The number of amides is 1. The molecule has 176 valence electrons. The standard InChI is InChI=1S/C26H24INO6/c1-32-15-34-24-11-10-16(12-22(24)27)13-23(25(29)30)28-26(31)33-14-21-19-8-4-2-6-17(19)18-7-3-5-9-20(18)21/h2-12,21,23H,13-15H2,1H3,(H,28,31)(H,29,30). The second-order valence-electron chi connectivity index (χ2n) is 7.88. The highest BCUT2D eigenvalue weighted by molar-refractivity contribution is 14.1. The van der Waals surface area contributed by atoms with Crippen molar-refractivity contribution in [3.63, 3.8) is 0 Å². The largest absolute Gasteiger partial charge is 0.480 e. The maximum absolute atomic E-state index is 12.5.